The minimum absolute atomic E-state index is 0.0635. The normalized spacial score (nSPS) is 13.2. The summed E-state index contributed by atoms with van der Waals surface area (Å²) in [4.78, 5) is 31.3. The third-order valence-corrected chi connectivity index (χ3v) is 5.26. The van der Waals surface area contributed by atoms with Crippen molar-refractivity contribution in [3.63, 3.8) is 0 Å². The molecule has 2 aromatic rings. The van der Waals surface area contributed by atoms with Gasteiger partial charge in [-0.25, -0.2) is 13.8 Å². The van der Waals surface area contributed by atoms with Gasteiger partial charge in [0.25, 0.3) is 0 Å². The molecule has 4 N–H and O–H groups in total. The van der Waals surface area contributed by atoms with Crippen molar-refractivity contribution < 1.29 is 18.4 Å². The zero-order valence-corrected chi connectivity index (χ0v) is 18.2. The first-order valence-electron chi connectivity index (χ1n) is 10.0. The fourth-order valence-electron chi connectivity index (χ4n) is 2.93. The molecule has 0 radical (unpaired) electrons. The van der Waals surface area contributed by atoms with Gasteiger partial charge in [-0.15, -0.1) is 0 Å². The average molecular weight is 434 g/mol. The monoisotopic (exact) mass is 433 g/mol. The van der Waals surface area contributed by atoms with E-state index in [1.807, 2.05) is 25.8 Å². The van der Waals surface area contributed by atoms with Crippen LogP contribution in [0.2, 0.25) is 0 Å². The Balaban J connectivity index is 2.14. The average Bonchev–Trinajstić information content (AvgIpc) is 2.74. The highest BCUT2D eigenvalue weighted by Gasteiger charge is 2.25. The second-order valence-corrected chi connectivity index (χ2v) is 7.72. The van der Waals surface area contributed by atoms with Crippen molar-refractivity contribution in [3.8, 4) is 0 Å². The predicted molar refractivity (Wildman–Crippen MR) is 115 cm³/mol. The van der Waals surface area contributed by atoms with Gasteiger partial charge in [0, 0.05) is 25.3 Å². The molecule has 0 saturated carbocycles. The minimum Gasteiger partial charge on any atom is -0.384 e. The first kappa shape index (κ1) is 24.2. The lowest BCUT2D eigenvalue weighted by Crippen LogP contribution is -2.47. The number of carbonyl (C=O) groups excluding carboxylic acids is 2. The molecule has 1 aromatic heterocycles. The largest absolute Gasteiger partial charge is 0.384 e. The molecule has 1 heterocycles. The predicted octanol–water partition coefficient (Wildman–Crippen LogP) is 2.19. The third-order valence-electron chi connectivity index (χ3n) is 5.26. The van der Waals surface area contributed by atoms with Crippen LogP contribution >= 0.6 is 0 Å². The number of nitrogen functional groups attached to an aromatic ring is 1. The smallest absolute Gasteiger partial charge is 0.237 e. The number of nitrogens with zero attached hydrogens (tertiary/aromatic N) is 2. The number of pyridine rings is 1. The van der Waals surface area contributed by atoms with Gasteiger partial charge < -0.3 is 16.4 Å². The van der Waals surface area contributed by atoms with E-state index >= 15 is 0 Å². The standard InChI is InChI=1S/C22H29F2N5O2/c1-13(2)29(4)14(3)21(30)28-12-17(16-6-7-18(23)19(24)9-16)22(31)27-11-15-5-8-20(25)26-10-15/h5-10,13-14,17H,11-12H2,1-4H3,(H2,25,26)(H,27,31)(H,28,30)/t14-,17-/m0/s1. The third kappa shape index (κ3) is 6.71. The fourth-order valence-corrected chi connectivity index (χ4v) is 2.93. The molecule has 0 bridgehead atoms. The van der Waals surface area contributed by atoms with E-state index in [2.05, 4.69) is 15.6 Å². The van der Waals surface area contributed by atoms with Crippen molar-refractivity contribution >= 4 is 17.6 Å². The maximum absolute atomic E-state index is 13.8. The van der Waals surface area contributed by atoms with Crippen molar-refractivity contribution in [1.82, 2.24) is 20.5 Å². The Morgan fingerprint density at radius 2 is 1.77 bits per heavy atom. The SMILES string of the molecule is CC(C)N(C)[C@@H](C)C(=O)NC[C@H](C(=O)NCc1ccc(N)nc1)c1ccc(F)c(F)c1. The number of halogens is 2. The van der Waals surface area contributed by atoms with Gasteiger partial charge in [-0.05, 0) is 57.1 Å². The van der Waals surface area contributed by atoms with Crippen molar-refractivity contribution in [1.29, 1.82) is 0 Å². The van der Waals surface area contributed by atoms with E-state index in [-0.39, 0.29) is 30.6 Å². The quantitative estimate of drug-likeness (QED) is 0.563. The molecule has 0 fully saturated rings. The van der Waals surface area contributed by atoms with Crippen LogP contribution in [0, 0.1) is 11.6 Å². The molecule has 2 amide bonds. The first-order valence-corrected chi connectivity index (χ1v) is 10.0. The summed E-state index contributed by atoms with van der Waals surface area (Å²) in [5, 5.41) is 5.50. The molecule has 0 saturated heterocycles. The van der Waals surface area contributed by atoms with Crippen molar-refractivity contribution in [3.05, 3.63) is 59.3 Å². The van der Waals surface area contributed by atoms with Crippen LogP contribution in [-0.2, 0) is 16.1 Å². The maximum Gasteiger partial charge on any atom is 0.237 e. The van der Waals surface area contributed by atoms with Crippen LogP contribution in [0.1, 0.15) is 37.8 Å². The molecule has 0 aliphatic rings. The van der Waals surface area contributed by atoms with E-state index < -0.39 is 29.5 Å². The number of anilines is 1. The summed E-state index contributed by atoms with van der Waals surface area (Å²) in [6.07, 6.45) is 1.54. The van der Waals surface area contributed by atoms with Crippen LogP contribution in [0.3, 0.4) is 0 Å². The Morgan fingerprint density at radius 1 is 1.06 bits per heavy atom. The molecule has 1 aromatic carbocycles. The van der Waals surface area contributed by atoms with E-state index in [0.717, 1.165) is 17.7 Å². The number of aromatic nitrogens is 1. The number of nitrogens with one attached hydrogen (secondary N) is 2. The molecule has 0 spiro atoms. The van der Waals surface area contributed by atoms with Crippen molar-refractivity contribution in [2.45, 2.75) is 45.3 Å². The van der Waals surface area contributed by atoms with Crippen LogP contribution in [0.25, 0.3) is 0 Å². The Morgan fingerprint density at radius 3 is 2.35 bits per heavy atom. The summed E-state index contributed by atoms with van der Waals surface area (Å²) in [6.45, 7) is 5.80. The van der Waals surface area contributed by atoms with Gasteiger partial charge in [0.15, 0.2) is 11.6 Å². The zero-order valence-electron chi connectivity index (χ0n) is 18.2. The lowest BCUT2D eigenvalue weighted by atomic mass is 9.97. The van der Waals surface area contributed by atoms with Gasteiger partial charge in [0.05, 0.1) is 12.0 Å². The van der Waals surface area contributed by atoms with Gasteiger partial charge in [-0.1, -0.05) is 12.1 Å². The summed E-state index contributed by atoms with van der Waals surface area (Å²) < 4.78 is 27.2. The Hall–Kier alpha value is -3.07. The van der Waals surface area contributed by atoms with E-state index in [4.69, 9.17) is 5.73 Å². The summed E-state index contributed by atoms with van der Waals surface area (Å²) in [5.41, 5.74) is 6.54. The van der Waals surface area contributed by atoms with E-state index in [0.29, 0.717) is 5.82 Å². The highest BCUT2D eigenvalue weighted by molar-refractivity contribution is 5.86. The fraction of sp³-hybridized carbons (Fsp3) is 0.409. The number of hydrogen-bond acceptors (Lipinski definition) is 5. The molecule has 31 heavy (non-hydrogen) atoms. The Labute approximate surface area is 181 Å². The lowest BCUT2D eigenvalue weighted by molar-refractivity contribution is -0.126. The number of hydrogen-bond donors (Lipinski definition) is 3. The summed E-state index contributed by atoms with van der Waals surface area (Å²) >= 11 is 0. The molecular weight excluding hydrogens is 404 g/mol. The number of benzene rings is 1. The van der Waals surface area contributed by atoms with Gasteiger partial charge in [0.1, 0.15) is 5.82 Å². The van der Waals surface area contributed by atoms with E-state index in [9.17, 15) is 18.4 Å². The molecular formula is C22H29F2N5O2. The van der Waals surface area contributed by atoms with Gasteiger partial charge in [-0.2, -0.15) is 0 Å². The second-order valence-electron chi connectivity index (χ2n) is 7.72. The number of amides is 2. The molecule has 0 aliphatic heterocycles. The number of likely N-dealkylation sites (N-methyl/N-ethyl adjacent to an activating group) is 1. The molecule has 7 nitrogen and oxygen atoms in total. The zero-order chi connectivity index (χ0) is 23.1. The molecule has 9 heteroatoms. The highest BCUT2D eigenvalue weighted by atomic mass is 19.2. The molecule has 0 aliphatic carbocycles. The summed E-state index contributed by atoms with van der Waals surface area (Å²) in [7, 11) is 1.83. The topological polar surface area (TPSA) is 100 Å². The van der Waals surface area contributed by atoms with Gasteiger partial charge in [0.2, 0.25) is 11.8 Å². The Kier molecular flexibility index (Phi) is 8.44. The lowest BCUT2D eigenvalue weighted by Gasteiger charge is -2.28. The molecule has 2 atom stereocenters. The Bertz CT molecular complexity index is 905. The van der Waals surface area contributed by atoms with E-state index in [1.165, 1.54) is 12.3 Å². The molecule has 2 rings (SSSR count). The van der Waals surface area contributed by atoms with Crippen molar-refractivity contribution in [2.24, 2.45) is 0 Å². The van der Waals surface area contributed by atoms with Crippen LogP contribution in [-0.4, -0.2) is 47.4 Å². The van der Waals surface area contributed by atoms with E-state index in [1.54, 1.807) is 19.1 Å². The van der Waals surface area contributed by atoms with Crippen LogP contribution in [0.5, 0.6) is 0 Å². The second kappa shape index (κ2) is 10.8. The maximum atomic E-state index is 13.8. The minimum atomic E-state index is -1.06. The van der Waals surface area contributed by atoms with Gasteiger partial charge in [-0.3, -0.25) is 14.5 Å². The molecule has 168 valence electrons. The first-order chi connectivity index (χ1) is 14.6. The number of carbonyl (C=O) groups is 2. The van der Waals surface area contributed by atoms with Crippen molar-refractivity contribution in [2.75, 3.05) is 19.3 Å². The number of rotatable bonds is 9. The molecule has 0 unspecified atom stereocenters. The number of nitrogens with two attached hydrogens (primary N) is 1. The highest BCUT2D eigenvalue weighted by Crippen LogP contribution is 2.19. The van der Waals surface area contributed by atoms with Gasteiger partial charge >= 0.3 is 0 Å². The summed E-state index contributed by atoms with van der Waals surface area (Å²) in [6, 6.07) is 6.34. The summed E-state index contributed by atoms with van der Waals surface area (Å²) in [5.74, 6) is -3.31. The van der Waals surface area contributed by atoms with Crippen LogP contribution in [0.4, 0.5) is 14.6 Å². The van der Waals surface area contributed by atoms with Crippen LogP contribution in [0.15, 0.2) is 36.5 Å². The van der Waals surface area contributed by atoms with Crippen LogP contribution < -0.4 is 16.4 Å².